The van der Waals surface area contributed by atoms with Crippen molar-refractivity contribution in [2.75, 3.05) is 13.2 Å². The lowest BCUT2D eigenvalue weighted by atomic mass is 10.0. The Kier molecular flexibility index (Phi) is 12.8. The van der Waals surface area contributed by atoms with Crippen molar-refractivity contribution < 1.29 is 45.3 Å². The largest absolute Gasteiger partial charge is 0.573 e. The average molecular weight is 642 g/mol. The quantitative estimate of drug-likeness (QED) is 0.0637. The maximum atomic E-state index is 13.5. The highest BCUT2D eigenvalue weighted by Crippen LogP contribution is 2.39. The maximum Gasteiger partial charge on any atom is 0.573 e. The molecule has 1 unspecified atom stereocenters. The van der Waals surface area contributed by atoms with Gasteiger partial charge in [-0.05, 0) is 67.5 Å². The maximum absolute atomic E-state index is 13.5. The van der Waals surface area contributed by atoms with E-state index in [1.165, 1.54) is 6.07 Å². The molecule has 1 atom stereocenters. The van der Waals surface area contributed by atoms with E-state index >= 15 is 0 Å². The van der Waals surface area contributed by atoms with E-state index < -0.39 is 37.5 Å². The van der Waals surface area contributed by atoms with Crippen LogP contribution in [0.25, 0.3) is 22.2 Å². The molecule has 248 valence electrons. The van der Waals surface area contributed by atoms with Gasteiger partial charge in [-0.15, -0.1) is 13.2 Å². The number of benzene rings is 2. The van der Waals surface area contributed by atoms with Crippen LogP contribution in [0.4, 0.5) is 26.3 Å². The Morgan fingerprint density at radius 1 is 0.978 bits per heavy atom. The molecule has 0 fully saturated rings. The van der Waals surface area contributed by atoms with Gasteiger partial charge < -0.3 is 18.8 Å². The van der Waals surface area contributed by atoms with Crippen LogP contribution >= 0.6 is 0 Å². The molecule has 11 heteroatoms. The van der Waals surface area contributed by atoms with E-state index in [1.54, 1.807) is 30.3 Å². The highest BCUT2D eigenvalue weighted by Gasteiger charge is 2.34. The van der Waals surface area contributed by atoms with Gasteiger partial charge in [0.2, 0.25) is 0 Å². The normalized spacial score (nSPS) is 12.8. The van der Waals surface area contributed by atoms with E-state index in [1.807, 2.05) is 10.6 Å². The smallest absolute Gasteiger partial charge is 0.493 e. The molecule has 0 spiro atoms. The van der Waals surface area contributed by atoms with E-state index in [0.29, 0.717) is 30.1 Å². The van der Waals surface area contributed by atoms with E-state index in [2.05, 4.69) is 32.1 Å². The molecule has 0 radical (unpaired) electrons. The summed E-state index contributed by atoms with van der Waals surface area (Å²) in [6.45, 7) is 9.07. The minimum atomic E-state index is -4.89. The zero-order valence-corrected chi connectivity index (χ0v) is 25.9. The molecular formula is C34H41F6NO4. The number of aryl methyl sites for hydroxylation is 2. The zero-order valence-electron chi connectivity index (χ0n) is 25.9. The first-order valence-corrected chi connectivity index (χ1v) is 15.2. The van der Waals surface area contributed by atoms with Crippen molar-refractivity contribution in [1.29, 1.82) is 0 Å². The molecule has 45 heavy (non-hydrogen) atoms. The molecule has 5 nitrogen and oxygen atoms in total. The number of hydrogen-bond acceptors (Lipinski definition) is 4. The van der Waals surface area contributed by atoms with Crippen molar-refractivity contribution in [2.45, 2.75) is 84.8 Å². The van der Waals surface area contributed by atoms with E-state index in [-0.39, 0.29) is 23.7 Å². The number of carbonyl (C=O) groups is 1. The third-order valence-corrected chi connectivity index (χ3v) is 7.29. The van der Waals surface area contributed by atoms with Gasteiger partial charge in [0.1, 0.15) is 11.5 Å². The highest BCUT2D eigenvalue weighted by molar-refractivity contribution is 5.89. The number of ether oxygens (including phenoxy) is 3. The zero-order chi connectivity index (χ0) is 33.2. The molecule has 1 heterocycles. The Labute approximate surface area is 260 Å². The van der Waals surface area contributed by atoms with Crippen molar-refractivity contribution in [3.63, 3.8) is 0 Å². The molecular weight excluding hydrogens is 600 g/mol. The fourth-order valence-electron chi connectivity index (χ4n) is 5.13. The molecule has 0 aliphatic rings. The number of unbranched alkanes of at least 4 members (excludes halogenated alkanes) is 2. The van der Waals surface area contributed by atoms with Gasteiger partial charge in [0.05, 0.1) is 30.8 Å². The molecule has 3 aromatic rings. The minimum Gasteiger partial charge on any atom is -0.493 e. The third-order valence-electron chi connectivity index (χ3n) is 7.29. The summed E-state index contributed by atoms with van der Waals surface area (Å²) < 4.78 is 97.2. The Bertz CT molecular complexity index is 1410. The predicted octanol–water partition coefficient (Wildman–Crippen LogP) is 10.1. The second-order valence-corrected chi connectivity index (χ2v) is 11.6. The van der Waals surface area contributed by atoms with Crippen LogP contribution in [-0.2, 0) is 22.5 Å². The van der Waals surface area contributed by atoms with E-state index in [0.717, 1.165) is 49.1 Å². The minimum absolute atomic E-state index is 0.275. The van der Waals surface area contributed by atoms with Crippen LogP contribution in [0.5, 0.6) is 11.5 Å². The van der Waals surface area contributed by atoms with Gasteiger partial charge in [-0.1, -0.05) is 46.3 Å². The second-order valence-electron chi connectivity index (χ2n) is 11.6. The molecule has 0 N–H and O–H groups in total. The topological polar surface area (TPSA) is 49.7 Å². The number of nitrogens with zero attached hydrogens (tertiary/aromatic N) is 1. The first kappa shape index (κ1) is 35.8. The number of aromatic nitrogens is 1. The summed E-state index contributed by atoms with van der Waals surface area (Å²) in [5.41, 5.74) is 2.21. The summed E-state index contributed by atoms with van der Waals surface area (Å²) in [6.07, 6.45) is -4.70. The number of fused-ring (bicyclic) bond motifs is 1. The number of halogens is 6. The van der Waals surface area contributed by atoms with Gasteiger partial charge in [0.25, 0.3) is 0 Å². The molecule has 0 aliphatic heterocycles. The van der Waals surface area contributed by atoms with Crippen molar-refractivity contribution in [3.8, 4) is 22.8 Å². The molecule has 0 amide bonds. The monoisotopic (exact) mass is 641 g/mol. The summed E-state index contributed by atoms with van der Waals surface area (Å²) in [6, 6.07) is 11.7. The van der Waals surface area contributed by atoms with Crippen LogP contribution in [0.2, 0.25) is 0 Å². The van der Waals surface area contributed by atoms with Gasteiger partial charge in [-0.25, -0.2) is 4.79 Å². The summed E-state index contributed by atoms with van der Waals surface area (Å²) in [5.74, 6) is -1.60. The molecule has 0 saturated heterocycles. The third kappa shape index (κ3) is 11.7. The fraction of sp³-hybridized carbons (Fsp3) is 0.500. The predicted molar refractivity (Wildman–Crippen MR) is 162 cm³/mol. The Hall–Kier alpha value is -3.63. The summed E-state index contributed by atoms with van der Waals surface area (Å²) in [7, 11) is 0. The first-order valence-electron chi connectivity index (χ1n) is 15.2. The van der Waals surface area contributed by atoms with Crippen LogP contribution in [0.3, 0.4) is 0 Å². The fourth-order valence-corrected chi connectivity index (χ4v) is 5.13. The SMILES string of the molecule is C=CC(=O)OCC(COc1ccc2cc(-c3ccc(CCCCC)cc3OC(F)(F)F)n(CCCC(C)C)c2c1)CC(F)(F)F. The van der Waals surface area contributed by atoms with Crippen LogP contribution in [-0.4, -0.2) is 36.3 Å². The highest BCUT2D eigenvalue weighted by atomic mass is 19.4. The van der Waals surface area contributed by atoms with Gasteiger partial charge in [-0.2, -0.15) is 13.2 Å². The Morgan fingerprint density at radius 2 is 1.73 bits per heavy atom. The molecule has 1 aromatic heterocycles. The summed E-state index contributed by atoms with van der Waals surface area (Å²) >= 11 is 0. The van der Waals surface area contributed by atoms with E-state index in [4.69, 9.17) is 9.47 Å². The lowest BCUT2D eigenvalue weighted by Gasteiger charge is -2.19. The number of alkyl halides is 6. The molecule has 3 rings (SSSR count). The van der Waals surface area contributed by atoms with Crippen molar-refractivity contribution in [3.05, 3.63) is 60.7 Å². The van der Waals surface area contributed by atoms with Crippen molar-refractivity contribution >= 4 is 16.9 Å². The first-order chi connectivity index (χ1) is 21.2. The van der Waals surface area contributed by atoms with Crippen LogP contribution in [0.15, 0.2) is 55.1 Å². The van der Waals surface area contributed by atoms with Gasteiger partial charge in [0, 0.05) is 35.6 Å². The average Bonchev–Trinajstić information content (AvgIpc) is 3.30. The Morgan fingerprint density at radius 3 is 2.38 bits per heavy atom. The molecule has 0 saturated carbocycles. The lowest BCUT2D eigenvalue weighted by molar-refractivity contribution is -0.274. The van der Waals surface area contributed by atoms with Crippen molar-refractivity contribution in [1.82, 2.24) is 4.57 Å². The molecule has 2 aromatic carbocycles. The molecule has 0 aliphatic carbocycles. The van der Waals surface area contributed by atoms with E-state index in [9.17, 15) is 31.1 Å². The standard InChI is InChI=1S/C34H41F6NO4/c1-5-7-8-11-24-12-15-28(31(17-24)45-34(38,39)40)30-18-26-13-14-27(19-29(26)41(30)16-9-10-23(3)4)43-21-25(20-33(35,36)37)22-44-32(42)6-2/h6,12-15,17-19,23,25H,2,5,7-11,16,20-22H2,1,3-4H3. The lowest BCUT2D eigenvalue weighted by Crippen LogP contribution is -2.25. The van der Waals surface area contributed by atoms with Crippen LogP contribution < -0.4 is 9.47 Å². The summed E-state index contributed by atoms with van der Waals surface area (Å²) in [5, 5.41) is 0.721. The van der Waals surface area contributed by atoms with Gasteiger partial charge in [0.15, 0.2) is 0 Å². The van der Waals surface area contributed by atoms with Crippen LogP contribution in [0, 0.1) is 11.8 Å². The summed E-state index contributed by atoms with van der Waals surface area (Å²) in [4.78, 5) is 11.4. The number of hydrogen-bond donors (Lipinski definition) is 0. The van der Waals surface area contributed by atoms with Gasteiger partial charge >= 0.3 is 18.5 Å². The number of rotatable bonds is 17. The van der Waals surface area contributed by atoms with Crippen molar-refractivity contribution in [2.24, 2.45) is 11.8 Å². The number of carbonyl (C=O) groups excluding carboxylic acids is 1. The second kappa shape index (κ2) is 16.1. The molecule has 0 bridgehead atoms. The van der Waals surface area contributed by atoms with Gasteiger partial charge in [-0.3, -0.25) is 0 Å². The Balaban J connectivity index is 2.01. The number of esters is 1. The van der Waals surface area contributed by atoms with Crippen LogP contribution in [0.1, 0.15) is 64.9 Å².